The number of methoxy groups -OCH3 is 1. The van der Waals surface area contributed by atoms with Crippen molar-refractivity contribution < 1.29 is 9.53 Å². The van der Waals surface area contributed by atoms with E-state index in [4.69, 9.17) is 0 Å². The van der Waals surface area contributed by atoms with Crippen molar-refractivity contribution >= 4 is 27.6 Å². The van der Waals surface area contributed by atoms with Crippen LogP contribution in [0.4, 0.5) is 5.69 Å². The fourth-order valence-corrected chi connectivity index (χ4v) is 2.41. The summed E-state index contributed by atoms with van der Waals surface area (Å²) in [5, 5.41) is 6.04. The van der Waals surface area contributed by atoms with Crippen LogP contribution in [-0.2, 0) is 16.1 Å². The zero-order valence-corrected chi connectivity index (χ0v) is 12.9. The highest BCUT2D eigenvalue weighted by atomic mass is 79.9. The highest BCUT2D eigenvalue weighted by Crippen LogP contribution is 2.18. The topological polar surface area (TPSA) is 76.5 Å². The van der Waals surface area contributed by atoms with Crippen LogP contribution in [0, 0.1) is 0 Å². The highest BCUT2D eigenvalue weighted by molar-refractivity contribution is 9.10. The predicted molar refractivity (Wildman–Crippen MR) is 77.3 cm³/mol. The summed E-state index contributed by atoms with van der Waals surface area (Å²) in [6.45, 7) is 1.69. The van der Waals surface area contributed by atoms with Gasteiger partial charge < -0.3 is 10.2 Å². The predicted octanol–water partition coefficient (Wildman–Crippen LogP) is 0.992. The molecular weight excluding hydrogens is 328 g/mol. The number of esters is 1. The summed E-state index contributed by atoms with van der Waals surface area (Å²) in [5.74, 6) is -0.511. The van der Waals surface area contributed by atoms with Crippen molar-refractivity contribution in [2.45, 2.75) is 25.8 Å². The Labute approximate surface area is 125 Å². The maximum Gasteiger partial charge on any atom is 0.327 e. The van der Waals surface area contributed by atoms with E-state index in [1.165, 1.54) is 19.7 Å². The molecule has 0 radical (unpaired) electrons. The molecule has 2 heterocycles. The lowest BCUT2D eigenvalue weighted by atomic mass is 10.2. The molecule has 20 heavy (non-hydrogen) atoms. The van der Waals surface area contributed by atoms with Crippen LogP contribution in [0.25, 0.3) is 0 Å². The monoisotopic (exact) mass is 344 g/mol. The van der Waals surface area contributed by atoms with E-state index < -0.39 is 5.97 Å². The van der Waals surface area contributed by atoms with E-state index in [9.17, 15) is 9.59 Å². The molecule has 1 aromatic heterocycles. The maximum atomic E-state index is 12.1. The van der Waals surface area contributed by atoms with E-state index in [1.807, 2.05) is 0 Å². The Bertz CT molecular complexity index is 540. The lowest BCUT2D eigenvalue weighted by Crippen LogP contribution is -2.36. The number of hydrogen-bond donors (Lipinski definition) is 1. The first-order valence-electron chi connectivity index (χ1n) is 6.46. The first-order valence-corrected chi connectivity index (χ1v) is 7.25. The molecule has 0 saturated carbocycles. The van der Waals surface area contributed by atoms with E-state index >= 15 is 0 Å². The number of nitrogens with one attached hydrogen (secondary N) is 1. The van der Waals surface area contributed by atoms with Crippen LogP contribution in [0.3, 0.4) is 0 Å². The summed E-state index contributed by atoms with van der Waals surface area (Å²) >= 11 is 3.26. The van der Waals surface area contributed by atoms with Crippen LogP contribution >= 0.6 is 15.9 Å². The Hall–Kier alpha value is -1.41. The average Bonchev–Trinajstić information content (AvgIpc) is 2.48. The Kier molecular flexibility index (Phi) is 5.13. The van der Waals surface area contributed by atoms with Gasteiger partial charge in [-0.3, -0.25) is 9.59 Å². The fraction of sp³-hybridized carbons (Fsp3) is 0.583. The second kappa shape index (κ2) is 6.85. The van der Waals surface area contributed by atoms with Gasteiger partial charge in [-0.25, -0.2) is 9.69 Å². The van der Waals surface area contributed by atoms with E-state index in [0.717, 1.165) is 30.6 Å². The summed E-state index contributed by atoms with van der Waals surface area (Å²) in [6.07, 6.45) is 5.04. The molecule has 0 aromatic carbocycles. The van der Waals surface area contributed by atoms with Crippen LogP contribution in [-0.4, -0.2) is 41.0 Å². The molecule has 1 aromatic rings. The third-order valence-electron chi connectivity index (χ3n) is 3.13. The van der Waals surface area contributed by atoms with Crippen LogP contribution in [0.1, 0.15) is 19.3 Å². The first kappa shape index (κ1) is 15.0. The van der Waals surface area contributed by atoms with E-state index in [2.05, 4.69) is 36.2 Å². The van der Waals surface area contributed by atoms with Crippen LogP contribution < -0.4 is 11.0 Å². The number of rotatable bonds is 4. The van der Waals surface area contributed by atoms with Crippen molar-refractivity contribution in [3.63, 3.8) is 0 Å². The van der Waals surface area contributed by atoms with Gasteiger partial charge in [-0.05, 0) is 28.8 Å². The Balaban J connectivity index is 2.13. The number of ether oxygens (including phenoxy) is 1. The maximum absolute atomic E-state index is 12.1. The molecule has 1 aliphatic rings. The molecule has 0 unspecified atom stereocenters. The Morgan fingerprint density at radius 2 is 2.15 bits per heavy atom. The Morgan fingerprint density at radius 3 is 2.80 bits per heavy atom. The molecule has 2 rings (SSSR count). The van der Waals surface area contributed by atoms with Gasteiger partial charge in [-0.15, -0.1) is 0 Å². The molecule has 7 nitrogen and oxygen atoms in total. The number of halogens is 1. The molecule has 0 bridgehead atoms. The van der Waals surface area contributed by atoms with Gasteiger partial charge >= 0.3 is 5.97 Å². The van der Waals surface area contributed by atoms with Crippen molar-refractivity contribution in [2.24, 2.45) is 0 Å². The number of aromatic nitrogens is 2. The number of piperidine rings is 1. The molecule has 1 fully saturated rings. The number of carbonyl (C=O) groups is 1. The van der Waals surface area contributed by atoms with E-state index in [0.29, 0.717) is 10.2 Å². The van der Waals surface area contributed by atoms with Gasteiger partial charge in [0.2, 0.25) is 0 Å². The summed E-state index contributed by atoms with van der Waals surface area (Å²) < 4.78 is 5.95. The molecule has 0 amide bonds. The molecule has 8 heteroatoms. The Morgan fingerprint density at radius 1 is 1.45 bits per heavy atom. The second-order valence-corrected chi connectivity index (χ2v) is 5.36. The van der Waals surface area contributed by atoms with Gasteiger partial charge in [-0.1, -0.05) is 6.42 Å². The molecule has 1 aliphatic heterocycles. The van der Waals surface area contributed by atoms with Gasteiger partial charge in [-0.2, -0.15) is 5.10 Å². The molecule has 0 spiro atoms. The number of hydrogen-bond acceptors (Lipinski definition) is 6. The third-order valence-corrected chi connectivity index (χ3v) is 3.89. The van der Waals surface area contributed by atoms with Gasteiger partial charge in [0.1, 0.15) is 11.0 Å². The molecule has 0 atom stereocenters. The van der Waals surface area contributed by atoms with Crippen LogP contribution in [0.2, 0.25) is 0 Å². The third kappa shape index (κ3) is 3.57. The zero-order valence-electron chi connectivity index (χ0n) is 11.3. The molecular formula is C12H17BrN4O3. The van der Waals surface area contributed by atoms with Crippen molar-refractivity contribution in [3.8, 4) is 0 Å². The van der Waals surface area contributed by atoms with Gasteiger partial charge in [0.15, 0.2) is 0 Å². The molecule has 0 aliphatic carbocycles. The average molecular weight is 345 g/mol. The van der Waals surface area contributed by atoms with Crippen LogP contribution in [0.15, 0.2) is 15.5 Å². The molecule has 110 valence electrons. The normalized spacial score (nSPS) is 15.9. The summed E-state index contributed by atoms with van der Waals surface area (Å²) in [6, 6.07) is 0. The van der Waals surface area contributed by atoms with Gasteiger partial charge in [0.25, 0.3) is 5.56 Å². The quantitative estimate of drug-likeness (QED) is 0.821. The standard InChI is InChI=1S/C12H17BrN4O3/c1-20-10(18)8-17-12(19)11(13)9(7-14-17)15-16-5-3-2-4-6-16/h7,15H,2-6,8H2,1H3. The minimum Gasteiger partial charge on any atom is -0.468 e. The van der Waals surface area contributed by atoms with Crippen molar-refractivity contribution in [1.82, 2.24) is 14.8 Å². The first-order chi connectivity index (χ1) is 9.61. The van der Waals surface area contributed by atoms with Crippen molar-refractivity contribution in [3.05, 3.63) is 21.0 Å². The van der Waals surface area contributed by atoms with Gasteiger partial charge in [0.05, 0.1) is 19.0 Å². The number of nitrogens with zero attached hydrogens (tertiary/aromatic N) is 3. The number of hydrazine groups is 1. The minimum atomic E-state index is -0.511. The second-order valence-electron chi connectivity index (χ2n) is 4.57. The van der Waals surface area contributed by atoms with Gasteiger partial charge in [0, 0.05) is 13.1 Å². The van der Waals surface area contributed by atoms with E-state index in [-0.39, 0.29) is 12.1 Å². The smallest absolute Gasteiger partial charge is 0.327 e. The lowest BCUT2D eigenvalue weighted by Gasteiger charge is -2.28. The summed E-state index contributed by atoms with van der Waals surface area (Å²) in [7, 11) is 1.27. The summed E-state index contributed by atoms with van der Waals surface area (Å²) in [5.41, 5.74) is 3.42. The zero-order chi connectivity index (χ0) is 14.5. The number of anilines is 1. The molecule has 1 N–H and O–H groups in total. The molecule has 1 saturated heterocycles. The summed E-state index contributed by atoms with van der Waals surface area (Å²) in [4.78, 5) is 23.3. The van der Waals surface area contributed by atoms with Crippen molar-refractivity contribution in [1.29, 1.82) is 0 Å². The minimum absolute atomic E-state index is 0.197. The van der Waals surface area contributed by atoms with Crippen LogP contribution in [0.5, 0.6) is 0 Å². The lowest BCUT2D eigenvalue weighted by molar-refractivity contribution is -0.141. The SMILES string of the molecule is COC(=O)Cn1ncc(NN2CCCCC2)c(Br)c1=O. The highest BCUT2D eigenvalue weighted by Gasteiger charge is 2.15. The largest absolute Gasteiger partial charge is 0.468 e. The van der Waals surface area contributed by atoms with Crippen molar-refractivity contribution in [2.75, 3.05) is 25.6 Å². The van der Waals surface area contributed by atoms with E-state index in [1.54, 1.807) is 0 Å². The fourth-order valence-electron chi connectivity index (χ4n) is 2.02. The number of carbonyl (C=O) groups excluding carboxylic acids is 1.